The van der Waals surface area contributed by atoms with Gasteiger partial charge >= 0.3 is 0 Å². The van der Waals surface area contributed by atoms with Gasteiger partial charge in [0.15, 0.2) is 0 Å². The fraction of sp³-hybridized carbons (Fsp3) is 0.625. The summed E-state index contributed by atoms with van der Waals surface area (Å²) in [4.78, 5) is 18.6. The van der Waals surface area contributed by atoms with Crippen LogP contribution >= 0.6 is 0 Å². The molecule has 0 saturated carbocycles. The van der Waals surface area contributed by atoms with E-state index in [1.54, 1.807) is 12.4 Å². The molecule has 108 valence electrons. The first-order chi connectivity index (χ1) is 9.84. The van der Waals surface area contributed by atoms with E-state index >= 15 is 0 Å². The zero-order valence-electron chi connectivity index (χ0n) is 11.9. The van der Waals surface area contributed by atoms with Crippen LogP contribution in [0.3, 0.4) is 0 Å². The molecule has 3 rings (SSSR count). The van der Waals surface area contributed by atoms with Crippen LogP contribution in [0, 0.1) is 0 Å². The van der Waals surface area contributed by atoms with Crippen molar-refractivity contribution in [3.05, 3.63) is 30.1 Å². The van der Waals surface area contributed by atoms with E-state index in [0.717, 1.165) is 25.9 Å². The minimum Gasteiger partial charge on any atom is -0.338 e. The predicted octanol–water partition coefficient (Wildman–Crippen LogP) is 1.76. The lowest BCUT2D eigenvalue weighted by Crippen LogP contribution is -2.46. The molecule has 4 nitrogen and oxygen atoms in total. The van der Waals surface area contributed by atoms with E-state index in [0.29, 0.717) is 24.4 Å². The van der Waals surface area contributed by atoms with Crippen molar-refractivity contribution in [2.24, 2.45) is 0 Å². The maximum atomic E-state index is 12.5. The van der Waals surface area contributed by atoms with Gasteiger partial charge in [0.1, 0.15) is 0 Å². The maximum Gasteiger partial charge on any atom is 0.223 e. The quantitative estimate of drug-likeness (QED) is 0.909. The third kappa shape index (κ3) is 3.01. The molecule has 1 N–H and O–H groups in total. The van der Waals surface area contributed by atoms with Crippen molar-refractivity contribution in [2.75, 3.05) is 13.1 Å². The number of likely N-dealkylation sites (tertiary alicyclic amines) is 1. The number of nitrogens with zero attached hydrogens (tertiary/aromatic N) is 2. The molecule has 1 aromatic rings. The van der Waals surface area contributed by atoms with Crippen LogP contribution < -0.4 is 5.32 Å². The highest BCUT2D eigenvalue weighted by Crippen LogP contribution is 2.25. The molecule has 0 aromatic carbocycles. The number of aromatic nitrogens is 1. The summed E-state index contributed by atoms with van der Waals surface area (Å²) in [5, 5.41) is 3.56. The minimum absolute atomic E-state index is 0.318. The molecule has 20 heavy (non-hydrogen) atoms. The topological polar surface area (TPSA) is 45.2 Å². The maximum absolute atomic E-state index is 12.5. The van der Waals surface area contributed by atoms with Crippen molar-refractivity contribution < 1.29 is 4.79 Å². The summed E-state index contributed by atoms with van der Waals surface area (Å²) in [6.45, 7) is 2.05. The molecular weight excluding hydrogens is 250 g/mol. The Labute approximate surface area is 120 Å². The highest BCUT2D eigenvalue weighted by Gasteiger charge is 2.35. The van der Waals surface area contributed by atoms with Crippen molar-refractivity contribution in [3.63, 3.8) is 0 Å². The number of nitrogens with one attached hydrogen (secondary N) is 1. The molecule has 0 aliphatic carbocycles. The van der Waals surface area contributed by atoms with Gasteiger partial charge in [-0.2, -0.15) is 0 Å². The lowest BCUT2D eigenvalue weighted by molar-refractivity contribution is -0.132. The number of carbonyl (C=O) groups is 1. The van der Waals surface area contributed by atoms with Crippen molar-refractivity contribution in [1.82, 2.24) is 15.2 Å². The Morgan fingerprint density at radius 2 is 2.15 bits per heavy atom. The van der Waals surface area contributed by atoms with Crippen LogP contribution in [0.5, 0.6) is 0 Å². The van der Waals surface area contributed by atoms with Crippen molar-refractivity contribution in [3.8, 4) is 0 Å². The molecule has 4 heteroatoms. The molecule has 2 atom stereocenters. The highest BCUT2D eigenvalue weighted by atomic mass is 16.2. The van der Waals surface area contributed by atoms with E-state index in [1.165, 1.54) is 24.8 Å². The highest BCUT2D eigenvalue weighted by molar-refractivity contribution is 5.77. The normalized spacial score (nSPS) is 26.1. The summed E-state index contributed by atoms with van der Waals surface area (Å²) < 4.78 is 0. The minimum atomic E-state index is 0.318. The summed E-state index contributed by atoms with van der Waals surface area (Å²) in [5.41, 5.74) is 1.20. The summed E-state index contributed by atoms with van der Waals surface area (Å²) in [5.74, 6) is 0.318. The van der Waals surface area contributed by atoms with E-state index in [1.807, 2.05) is 12.1 Å². The van der Waals surface area contributed by atoms with Crippen LogP contribution in [0.1, 0.15) is 37.7 Å². The number of aryl methyl sites for hydroxylation is 1. The Kier molecular flexibility index (Phi) is 4.31. The molecule has 3 heterocycles. The first-order valence-electron chi connectivity index (χ1n) is 7.76. The Hall–Kier alpha value is -1.42. The summed E-state index contributed by atoms with van der Waals surface area (Å²) in [7, 11) is 0. The second kappa shape index (κ2) is 6.35. The fourth-order valence-electron chi connectivity index (χ4n) is 3.50. The van der Waals surface area contributed by atoms with E-state index in [9.17, 15) is 4.79 Å². The van der Waals surface area contributed by atoms with Crippen LogP contribution in [-0.4, -0.2) is 41.0 Å². The molecule has 1 aromatic heterocycles. The molecule has 1 amide bonds. The van der Waals surface area contributed by atoms with Gasteiger partial charge in [0.25, 0.3) is 0 Å². The van der Waals surface area contributed by atoms with E-state index in [2.05, 4.69) is 15.2 Å². The molecule has 0 spiro atoms. The average molecular weight is 273 g/mol. The van der Waals surface area contributed by atoms with Gasteiger partial charge in [0.05, 0.1) is 0 Å². The number of pyridine rings is 1. The van der Waals surface area contributed by atoms with Gasteiger partial charge in [-0.15, -0.1) is 0 Å². The lowest BCUT2D eigenvalue weighted by Gasteiger charge is -2.29. The van der Waals surface area contributed by atoms with E-state index < -0.39 is 0 Å². The van der Waals surface area contributed by atoms with Gasteiger partial charge in [-0.3, -0.25) is 9.78 Å². The van der Waals surface area contributed by atoms with E-state index in [-0.39, 0.29) is 0 Å². The molecular formula is C16H23N3O. The lowest BCUT2D eigenvalue weighted by atomic mass is 10.0. The molecule has 0 radical (unpaired) electrons. The van der Waals surface area contributed by atoms with Crippen LogP contribution in [0.25, 0.3) is 0 Å². The smallest absolute Gasteiger partial charge is 0.223 e. The molecule has 2 fully saturated rings. The van der Waals surface area contributed by atoms with Crippen LogP contribution in [0.15, 0.2) is 24.5 Å². The summed E-state index contributed by atoms with van der Waals surface area (Å²) in [6, 6.07) is 4.95. The van der Waals surface area contributed by atoms with Gasteiger partial charge in [0, 0.05) is 37.4 Å². The predicted molar refractivity (Wildman–Crippen MR) is 78.3 cm³/mol. The zero-order chi connectivity index (χ0) is 13.8. The number of carbonyl (C=O) groups excluding carboxylic acids is 1. The van der Waals surface area contributed by atoms with Crippen LogP contribution in [0.4, 0.5) is 0 Å². The Morgan fingerprint density at radius 3 is 2.90 bits per heavy atom. The van der Waals surface area contributed by atoms with Crippen molar-refractivity contribution in [2.45, 2.75) is 50.6 Å². The standard InChI is InChI=1S/C16H23N3O/c20-16(6-5-13-7-10-17-11-8-13)19-12-2-4-15(19)14-3-1-9-18-14/h7-8,10-11,14-15,18H,1-6,9,12H2. The first kappa shape index (κ1) is 13.6. The van der Waals surface area contributed by atoms with Gasteiger partial charge in [-0.25, -0.2) is 0 Å². The SMILES string of the molecule is O=C(CCc1ccncc1)N1CCCC1C1CCCN1. The van der Waals surface area contributed by atoms with Crippen LogP contribution in [0.2, 0.25) is 0 Å². The van der Waals surface area contributed by atoms with Crippen LogP contribution in [-0.2, 0) is 11.2 Å². The Morgan fingerprint density at radius 1 is 1.30 bits per heavy atom. The number of hydrogen-bond acceptors (Lipinski definition) is 3. The molecule has 2 aliphatic rings. The Bertz CT molecular complexity index is 442. The Balaban J connectivity index is 1.55. The van der Waals surface area contributed by atoms with Crippen molar-refractivity contribution >= 4 is 5.91 Å². The van der Waals surface area contributed by atoms with Gasteiger partial charge in [-0.05, 0) is 56.3 Å². The number of rotatable bonds is 4. The summed E-state index contributed by atoms with van der Waals surface area (Å²) >= 11 is 0. The third-order valence-electron chi connectivity index (χ3n) is 4.56. The largest absolute Gasteiger partial charge is 0.338 e. The van der Waals surface area contributed by atoms with Crippen molar-refractivity contribution in [1.29, 1.82) is 0 Å². The number of hydrogen-bond donors (Lipinski definition) is 1. The van der Waals surface area contributed by atoms with Gasteiger partial charge < -0.3 is 10.2 Å². The second-order valence-electron chi connectivity index (χ2n) is 5.86. The second-order valence-corrected chi connectivity index (χ2v) is 5.86. The molecule has 0 bridgehead atoms. The average Bonchev–Trinajstić information content (AvgIpc) is 3.15. The molecule has 2 saturated heterocycles. The third-order valence-corrected chi connectivity index (χ3v) is 4.56. The van der Waals surface area contributed by atoms with Gasteiger partial charge in [0.2, 0.25) is 5.91 Å². The van der Waals surface area contributed by atoms with Gasteiger partial charge in [-0.1, -0.05) is 0 Å². The number of amides is 1. The monoisotopic (exact) mass is 273 g/mol. The molecule has 2 aliphatic heterocycles. The molecule has 2 unspecified atom stereocenters. The summed E-state index contributed by atoms with van der Waals surface area (Å²) in [6.07, 6.45) is 9.82. The van der Waals surface area contributed by atoms with E-state index in [4.69, 9.17) is 0 Å². The fourth-order valence-corrected chi connectivity index (χ4v) is 3.50. The zero-order valence-corrected chi connectivity index (χ0v) is 11.9. The first-order valence-corrected chi connectivity index (χ1v) is 7.76.